The van der Waals surface area contributed by atoms with Crippen LogP contribution in [0.15, 0.2) is 36.5 Å². The molecule has 174 valence electrons. The van der Waals surface area contributed by atoms with Crippen LogP contribution in [0.5, 0.6) is 5.75 Å². The minimum absolute atomic E-state index is 0.0891. The van der Waals surface area contributed by atoms with Crippen LogP contribution in [0.1, 0.15) is 39.5 Å². The van der Waals surface area contributed by atoms with Gasteiger partial charge in [0.25, 0.3) is 5.91 Å². The number of benzene rings is 1. The van der Waals surface area contributed by atoms with E-state index in [0.717, 1.165) is 27.4 Å². The van der Waals surface area contributed by atoms with Gasteiger partial charge in [0.15, 0.2) is 5.13 Å². The molecular formula is C24H23N5O4S. The first-order valence-corrected chi connectivity index (χ1v) is 11.7. The van der Waals surface area contributed by atoms with Gasteiger partial charge in [-0.2, -0.15) is 0 Å². The van der Waals surface area contributed by atoms with Crippen molar-refractivity contribution < 1.29 is 19.1 Å². The van der Waals surface area contributed by atoms with Gasteiger partial charge in [0.1, 0.15) is 11.8 Å². The fourth-order valence-corrected chi connectivity index (χ4v) is 5.25. The fraction of sp³-hybridized carbons (Fsp3) is 0.292. The van der Waals surface area contributed by atoms with E-state index in [1.807, 2.05) is 37.3 Å². The number of aromatic nitrogens is 2. The predicted molar refractivity (Wildman–Crippen MR) is 126 cm³/mol. The first kappa shape index (κ1) is 22.0. The van der Waals surface area contributed by atoms with Crippen LogP contribution in [0.3, 0.4) is 0 Å². The second-order valence-corrected chi connectivity index (χ2v) is 9.35. The second-order valence-electron chi connectivity index (χ2n) is 8.27. The topological polar surface area (TPSA) is 114 Å². The molecule has 1 saturated heterocycles. The minimum atomic E-state index is -0.455. The Balaban J connectivity index is 1.33. The predicted octanol–water partition coefficient (Wildman–Crippen LogP) is 2.90. The van der Waals surface area contributed by atoms with E-state index in [2.05, 4.69) is 20.6 Å². The number of amides is 3. The van der Waals surface area contributed by atoms with E-state index in [4.69, 9.17) is 4.74 Å². The Morgan fingerprint density at radius 2 is 2.06 bits per heavy atom. The summed E-state index contributed by atoms with van der Waals surface area (Å²) in [6, 6.07) is 8.93. The van der Waals surface area contributed by atoms with Gasteiger partial charge in [0, 0.05) is 29.4 Å². The van der Waals surface area contributed by atoms with Crippen molar-refractivity contribution in [2.45, 2.75) is 38.9 Å². The number of carbonyl (C=O) groups excluding carboxylic acids is 3. The third-order valence-electron chi connectivity index (χ3n) is 5.96. The molecule has 0 radical (unpaired) electrons. The summed E-state index contributed by atoms with van der Waals surface area (Å²) in [6.07, 6.45) is 2.46. The zero-order valence-corrected chi connectivity index (χ0v) is 19.6. The molecule has 0 spiro atoms. The number of carbonyl (C=O) groups is 3. The van der Waals surface area contributed by atoms with E-state index < -0.39 is 6.04 Å². The van der Waals surface area contributed by atoms with Crippen molar-refractivity contribution in [2.24, 2.45) is 0 Å². The third-order valence-corrected chi connectivity index (χ3v) is 6.96. The van der Waals surface area contributed by atoms with Gasteiger partial charge in [-0.1, -0.05) is 29.5 Å². The maximum atomic E-state index is 13.2. The monoisotopic (exact) mass is 477 g/mol. The summed E-state index contributed by atoms with van der Waals surface area (Å²) >= 11 is 1.35. The number of ether oxygens (including phenoxy) is 1. The highest BCUT2D eigenvalue weighted by Crippen LogP contribution is 2.35. The molecule has 2 N–H and O–H groups in total. The highest BCUT2D eigenvalue weighted by molar-refractivity contribution is 7.16. The van der Waals surface area contributed by atoms with Crippen molar-refractivity contribution in [3.8, 4) is 16.9 Å². The molecule has 0 saturated carbocycles. The number of para-hydroxylation sites is 1. The molecule has 10 heteroatoms. The van der Waals surface area contributed by atoms with Crippen LogP contribution in [-0.2, 0) is 22.7 Å². The van der Waals surface area contributed by atoms with Crippen molar-refractivity contribution in [3.63, 3.8) is 0 Å². The summed E-state index contributed by atoms with van der Waals surface area (Å²) in [5.41, 5.74) is 3.50. The number of nitrogens with one attached hydrogen (secondary N) is 2. The molecule has 1 atom stereocenters. The average molecular weight is 478 g/mol. The van der Waals surface area contributed by atoms with Crippen molar-refractivity contribution in [2.75, 3.05) is 12.4 Å². The highest BCUT2D eigenvalue weighted by atomic mass is 32.1. The molecule has 0 aliphatic carbocycles. The van der Waals surface area contributed by atoms with Gasteiger partial charge in [0.2, 0.25) is 11.8 Å². The average Bonchev–Trinajstić information content (AvgIpc) is 3.53. The molecule has 1 aromatic carbocycles. The van der Waals surface area contributed by atoms with Gasteiger partial charge < -0.3 is 15.0 Å². The van der Waals surface area contributed by atoms with Gasteiger partial charge in [-0.05, 0) is 25.5 Å². The maximum absolute atomic E-state index is 13.2. The number of anilines is 1. The SMILES string of the molecule is COc1ccccc1-c1cc(C)ncc1C(=O)Nc1nc2c(s1)CN(C(=O)C1CCC(=O)N1)C2. The Morgan fingerprint density at radius 3 is 2.79 bits per heavy atom. The lowest BCUT2D eigenvalue weighted by Crippen LogP contribution is -2.42. The number of methoxy groups -OCH3 is 1. The van der Waals surface area contributed by atoms with E-state index in [-0.39, 0.29) is 17.7 Å². The Hall–Kier alpha value is -3.79. The normalized spacial score (nSPS) is 16.8. The van der Waals surface area contributed by atoms with Crippen LogP contribution in [0.2, 0.25) is 0 Å². The van der Waals surface area contributed by atoms with E-state index in [0.29, 0.717) is 42.4 Å². The zero-order valence-electron chi connectivity index (χ0n) is 18.8. The summed E-state index contributed by atoms with van der Waals surface area (Å²) in [7, 11) is 1.60. The molecule has 2 aliphatic heterocycles. The van der Waals surface area contributed by atoms with Crippen LogP contribution >= 0.6 is 11.3 Å². The zero-order chi connectivity index (χ0) is 23.8. The van der Waals surface area contributed by atoms with Gasteiger partial charge >= 0.3 is 0 Å². The van der Waals surface area contributed by atoms with Gasteiger partial charge in [-0.25, -0.2) is 4.98 Å². The van der Waals surface area contributed by atoms with Crippen LogP contribution in [-0.4, -0.2) is 45.7 Å². The van der Waals surface area contributed by atoms with Crippen LogP contribution in [0, 0.1) is 6.92 Å². The molecule has 3 amide bonds. The standard InChI is InChI=1S/C24H23N5O4S/c1-13-9-15(14-5-3-4-6-19(14)33-2)16(10-25-13)22(31)28-24-27-18-11-29(12-20(18)34-24)23(32)17-7-8-21(30)26-17/h3-6,9-10,17H,7-8,11-12H2,1-2H3,(H,26,30)(H,27,28,31). The largest absolute Gasteiger partial charge is 0.496 e. The molecule has 1 unspecified atom stereocenters. The molecule has 5 rings (SSSR count). The van der Waals surface area contributed by atoms with E-state index in [1.165, 1.54) is 11.3 Å². The van der Waals surface area contributed by atoms with Crippen LogP contribution < -0.4 is 15.4 Å². The van der Waals surface area contributed by atoms with Crippen molar-refractivity contribution in [1.82, 2.24) is 20.2 Å². The van der Waals surface area contributed by atoms with Crippen molar-refractivity contribution in [1.29, 1.82) is 0 Å². The highest BCUT2D eigenvalue weighted by Gasteiger charge is 2.35. The maximum Gasteiger partial charge on any atom is 0.259 e. The molecule has 34 heavy (non-hydrogen) atoms. The lowest BCUT2D eigenvalue weighted by Gasteiger charge is -2.19. The van der Waals surface area contributed by atoms with Gasteiger partial charge in [-0.15, -0.1) is 0 Å². The Morgan fingerprint density at radius 1 is 1.24 bits per heavy atom. The number of hydrogen-bond donors (Lipinski definition) is 2. The van der Waals surface area contributed by atoms with Gasteiger partial charge in [0.05, 0.1) is 36.3 Å². The molecule has 2 aliphatic rings. The minimum Gasteiger partial charge on any atom is -0.496 e. The molecule has 1 fully saturated rings. The quantitative estimate of drug-likeness (QED) is 0.584. The van der Waals surface area contributed by atoms with Gasteiger partial charge in [-0.3, -0.25) is 24.7 Å². The smallest absolute Gasteiger partial charge is 0.259 e. The number of hydrogen-bond acceptors (Lipinski definition) is 7. The Labute approximate surface area is 200 Å². The van der Waals surface area contributed by atoms with Crippen LogP contribution in [0.25, 0.3) is 11.1 Å². The molecule has 2 aromatic heterocycles. The van der Waals surface area contributed by atoms with Crippen molar-refractivity contribution >= 4 is 34.2 Å². The second kappa shape index (κ2) is 8.86. The van der Waals surface area contributed by atoms with Crippen molar-refractivity contribution in [3.05, 3.63) is 58.4 Å². The number of rotatable bonds is 5. The Kier molecular flexibility index (Phi) is 5.74. The number of thiazole rings is 1. The van der Waals surface area contributed by atoms with E-state index >= 15 is 0 Å². The van der Waals surface area contributed by atoms with E-state index in [9.17, 15) is 14.4 Å². The summed E-state index contributed by atoms with van der Waals surface area (Å²) in [4.78, 5) is 48.8. The molecule has 3 aromatic rings. The molecule has 9 nitrogen and oxygen atoms in total. The first-order valence-electron chi connectivity index (χ1n) is 10.9. The molecule has 0 bridgehead atoms. The van der Waals surface area contributed by atoms with E-state index in [1.54, 1.807) is 18.2 Å². The lowest BCUT2D eigenvalue weighted by molar-refractivity contribution is -0.134. The third kappa shape index (κ3) is 4.12. The number of nitrogens with zero attached hydrogens (tertiary/aromatic N) is 3. The fourth-order valence-electron chi connectivity index (χ4n) is 4.26. The number of fused-ring (bicyclic) bond motifs is 1. The molecule has 4 heterocycles. The summed E-state index contributed by atoms with van der Waals surface area (Å²) in [5.74, 6) is 0.170. The Bertz CT molecular complexity index is 1280. The summed E-state index contributed by atoms with van der Waals surface area (Å²) in [6.45, 7) is 2.66. The summed E-state index contributed by atoms with van der Waals surface area (Å²) in [5, 5.41) is 6.08. The lowest BCUT2D eigenvalue weighted by atomic mass is 9.99. The first-order chi connectivity index (χ1) is 16.4. The number of aryl methyl sites for hydroxylation is 1. The van der Waals surface area contributed by atoms with Crippen LogP contribution in [0.4, 0.5) is 5.13 Å². The number of pyridine rings is 1. The summed E-state index contributed by atoms with van der Waals surface area (Å²) < 4.78 is 5.49. The molecular weight excluding hydrogens is 454 g/mol.